The summed E-state index contributed by atoms with van der Waals surface area (Å²) in [6.07, 6.45) is 2.52. The van der Waals surface area contributed by atoms with Crippen LogP contribution in [0.5, 0.6) is 17.2 Å². The number of carboxylic acids is 1. The van der Waals surface area contributed by atoms with Gasteiger partial charge in [0.15, 0.2) is 0 Å². The van der Waals surface area contributed by atoms with Crippen molar-refractivity contribution < 1.29 is 24.1 Å². The molecule has 6 nitrogen and oxygen atoms in total. The number of benzene rings is 2. The zero-order valence-corrected chi connectivity index (χ0v) is 13.3. The van der Waals surface area contributed by atoms with E-state index in [1.165, 1.54) is 6.08 Å². The Morgan fingerprint density at radius 2 is 1.83 bits per heavy atom. The molecule has 0 unspecified atom stereocenters. The van der Waals surface area contributed by atoms with Gasteiger partial charge >= 0.3 is 5.97 Å². The number of ether oxygens (including phenoxy) is 3. The summed E-state index contributed by atoms with van der Waals surface area (Å²) in [4.78, 5) is 10.7. The second-order valence-electron chi connectivity index (χ2n) is 4.88. The largest absolute Gasteiger partial charge is 0.491 e. The number of rotatable bonds is 8. The fourth-order valence-corrected chi connectivity index (χ4v) is 1.90. The van der Waals surface area contributed by atoms with Crippen LogP contribution >= 0.6 is 0 Å². The van der Waals surface area contributed by atoms with Crippen LogP contribution in [0.4, 0.5) is 5.69 Å². The molecule has 0 aromatic heterocycles. The summed E-state index contributed by atoms with van der Waals surface area (Å²) in [6.45, 7) is 0.872. The molecule has 0 saturated carbocycles. The Labute approximate surface area is 140 Å². The fourth-order valence-electron chi connectivity index (χ4n) is 1.90. The van der Waals surface area contributed by atoms with Gasteiger partial charge in [0.1, 0.15) is 23.9 Å². The second kappa shape index (κ2) is 8.59. The summed E-state index contributed by atoms with van der Waals surface area (Å²) >= 11 is 0. The zero-order chi connectivity index (χ0) is 17.4. The monoisotopic (exact) mass is 329 g/mol. The molecule has 6 heteroatoms. The van der Waals surface area contributed by atoms with Crippen molar-refractivity contribution in [1.82, 2.24) is 0 Å². The van der Waals surface area contributed by atoms with Crippen molar-refractivity contribution in [2.45, 2.75) is 0 Å². The van der Waals surface area contributed by atoms with Crippen molar-refractivity contribution in [2.24, 2.45) is 0 Å². The lowest BCUT2D eigenvalue weighted by Crippen LogP contribution is -2.04. The molecule has 0 saturated heterocycles. The molecule has 0 radical (unpaired) electrons. The highest BCUT2D eigenvalue weighted by Gasteiger charge is 2.07. The molecule has 0 atom stereocenters. The average molecular weight is 329 g/mol. The minimum absolute atomic E-state index is 0.405. The summed E-state index contributed by atoms with van der Waals surface area (Å²) in [5, 5.41) is 8.80. The molecule has 2 aromatic carbocycles. The molecule has 0 amide bonds. The van der Waals surface area contributed by atoms with Crippen LogP contribution in [0.2, 0.25) is 0 Å². The van der Waals surface area contributed by atoms with Gasteiger partial charge in [-0.05, 0) is 42.5 Å². The van der Waals surface area contributed by atoms with Crippen molar-refractivity contribution >= 4 is 17.7 Å². The van der Waals surface area contributed by atoms with Crippen LogP contribution in [0, 0.1) is 0 Å². The standard InChI is InChI=1S/C18H19NO5/c1-22-10-11-23-16-6-2-13(3-9-18(20)21)17(12-16)24-15-7-4-14(19)5-8-15/h2-9,12H,10-11,19H2,1H3,(H,20,21). The van der Waals surface area contributed by atoms with Crippen LogP contribution in [0.25, 0.3) is 6.08 Å². The lowest BCUT2D eigenvalue weighted by molar-refractivity contribution is -0.131. The van der Waals surface area contributed by atoms with Gasteiger partial charge in [-0.15, -0.1) is 0 Å². The highest BCUT2D eigenvalue weighted by atomic mass is 16.5. The van der Waals surface area contributed by atoms with Gasteiger partial charge in [0, 0.05) is 30.5 Å². The van der Waals surface area contributed by atoms with Crippen LogP contribution in [-0.4, -0.2) is 31.4 Å². The summed E-state index contributed by atoms with van der Waals surface area (Å²) in [5.74, 6) is 0.634. The third-order valence-corrected chi connectivity index (χ3v) is 3.05. The van der Waals surface area contributed by atoms with Crippen molar-refractivity contribution in [1.29, 1.82) is 0 Å². The van der Waals surface area contributed by atoms with E-state index in [1.54, 1.807) is 49.6 Å². The summed E-state index contributed by atoms with van der Waals surface area (Å²) in [5.41, 5.74) is 6.91. The van der Waals surface area contributed by atoms with E-state index in [0.29, 0.717) is 41.7 Å². The quantitative estimate of drug-likeness (QED) is 0.439. The summed E-state index contributed by atoms with van der Waals surface area (Å²) in [7, 11) is 1.60. The van der Waals surface area contributed by atoms with Gasteiger partial charge in [-0.3, -0.25) is 0 Å². The highest BCUT2D eigenvalue weighted by Crippen LogP contribution is 2.31. The number of anilines is 1. The molecule has 24 heavy (non-hydrogen) atoms. The molecule has 2 aromatic rings. The van der Waals surface area contributed by atoms with Gasteiger partial charge in [-0.1, -0.05) is 0 Å². The minimum Gasteiger partial charge on any atom is -0.491 e. The normalized spacial score (nSPS) is 10.7. The van der Waals surface area contributed by atoms with Gasteiger partial charge in [0.25, 0.3) is 0 Å². The first-order chi connectivity index (χ1) is 11.6. The fraction of sp³-hybridized carbons (Fsp3) is 0.167. The van der Waals surface area contributed by atoms with E-state index in [4.69, 9.17) is 25.1 Å². The van der Waals surface area contributed by atoms with E-state index in [1.807, 2.05) is 0 Å². The summed E-state index contributed by atoms with van der Waals surface area (Å²) < 4.78 is 16.3. The number of hydrogen-bond donors (Lipinski definition) is 2. The first kappa shape index (κ1) is 17.4. The topological polar surface area (TPSA) is 91.0 Å². The molecule has 2 rings (SSSR count). The number of aliphatic carboxylic acids is 1. The maximum absolute atomic E-state index is 10.7. The first-order valence-corrected chi connectivity index (χ1v) is 7.28. The van der Waals surface area contributed by atoms with Crippen LogP contribution < -0.4 is 15.2 Å². The molecule has 3 N–H and O–H groups in total. The van der Waals surface area contributed by atoms with Crippen molar-refractivity contribution in [3.63, 3.8) is 0 Å². The van der Waals surface area contributed by atoms with Crippen LogP contribution in [0.1, 0.15) is 5.56 Å². The highest BCUT2D eigenvalue weighted by molar-refractivity contribution is 5.86. The zero-order valence-electron chi connectivity index (χ0n) is 13.3. The van der Waals surface area contributed by atoms with Gasteiger partial charge in [0.2, 0.25) is 0 Å². The second-order valence-corrected chi connectivity index (χ2v) is 4.88. The lowest BCUT2D eigenvalue weighted by atomic mass is 10.1. The van der Waals surface area contributed by atoms with Gasteiger partial charge in [-0.2, -0.15) is 0 Å². The van der Waals surface area contributed by atoms with Crippen molar-refractivity contribution in [3.05, 3.63) is 54.1 Å². The minimum atomic E-state index is -1.03. The number of carboxylic acid groups (broad SMARTS) is 1. The number of hydrogen-bond acceptors (Lipinski definition) is 5. The molecular weight excluding hydrogens is 310 g/mol. The maximum atomic E-state index is 10.7. The predicted octanol–water partition coefficient (Wildman–Crippen LogP) is 3.18. The molecule has 0 fully saturated rings. The van der Waals surface area contributed by atoms with Gasteiger partial charge in [-0.25, -0.2) is 4.79 Å². The average Bonchev–Trinajstić information content (AvgIpc) is 2.56. The molecule has 0 aliphatic carbocycles. The van der Waals surface area contributed by atoms with Gasteiger partial charge in [0.05, 0.1) is 6.61 Å². The van der Waals surface area contributed by atoms with E-state index in [2.05, 4.69) is 0 Å². The Kier molecular flexibility index (Phi) is 6.22. The molecule has 0 aliphatic rings. The smallest absolute Gasteiger partial charge is 0.328 e. The Balaban J connectivity index is 2.26. The molecule has 0 bridgehead atoms. The number of nitrogens with two attached hydrogens (primary N) is 1. The molecule has 0 aliphatic heterocycles. The third kappa shape index (κ3) is 5.33. The third-order valence-electron chi connectivity index (χ3n) is 3.05. The number of methoxy groups -OCH3 is 1. The SMILES string of the molecule is COCCOc1ccc(C=CC(=O)O)c(Oc2ccc(N)cc2)c1. The van der Waals surface area contributed by atoms with Crippen LogP contribution in [-0.2, 0) is 9.53 Å². The summed E-state index contributed by atoms with van der Waals surface area (Å²) in [6, 6.07) is 12.1. The maximum Gasteiger partial charge on any atom is 0.328 e. The molecule has 0 spiro atoms. The first-order valence-electron chi connectivity index (χ1n) is 7.28. The van der Waals surface area contributed by atoms with Crippen LogP contribution in [0.15, 0.2) is 48.5 Å². The Morgan fingerprint density at radius 1 is 1.12 bits per heavy atom. The van der Waals surface area contributed by atoms with E-state index < -0.39 is 5.97 Å². The number of carbonyl (C=O) groups is 1. The van der Waals surface area contributed by atoms with Gasteiger partial charge < -0.3 is 25.1 Å². The van der Waals surface area contributed by atoms with E-state index in [0.717, 1.165) is 6.08 Å². The van der Waals surface area contributed by atoms with E-state index >= 15 is 0 Å². The van der Waals surface area contributed by atoms with Crippen molar-refractivity contribution in [2.75, 3.05) is 26.1 Å². The Morgan fingerprint density at radius 3 is 2.50 bits per heavy atom. The molecule has 0 heterocycles. The predicted molar refractivity (Wildman–Crippen MR) is 91.4 cm³/mol. The molecular formula is C18H19NO5. The van der Waals surface area contributed by atoms with E-state index in [9.17, 15) is 4.79 Å². The number of nitrogen functional groups attached to an aromatic ring is 1. The Hall–Kier alpha value is -2.99. The Bertz CT molecular complexity index is 710. The molecule has 126 valence electrons. The van der Waals surface area contributed by atoms with Crippen LogP contribution in [0.3, 0.4) is 0 Å². The lowest BCUT2D eigenvalue weighted by Gasteiger charge is -2.12. The van der Waals surface area contributed by atoms with E-state index in [-0.39, 0.29) is 0 Å². The van der Waals surface area contributed by atoms with Crippen molar-refractivity contribution in [3.8, 4) is 17.2 Å².